The lowest BCUT2D eigenvalue weighted by Crippen LogP contribution is -2.07. The summed E-state index contributed by atoms with van der Waals surface area (Å²) in [7, 11) is 0. The fourth-order valence-corrected chi connectivity index (χ4v) is 1.72. The number of rotatable bonds is 5. The van der Waals surface area contributed by atoms with Crippen molar-refractivity contribution in [2.24, 2.45) is 0 Å². The van der Waals surface area contributed by atoms with E-state index in [1.54, 1.807) is 10.9 Å². The predicted octanol–water partition coefficient (Wildman–Crippen LogP) is 2.46. The highest BCUT2D eigenvalue weighted by atomic mass is 19.1. The van der Waals surface area contributed by atoms with E-state index >= 15 is 0 Å². The first kappa shape index (κ1) is 14.0. The molecule has 0 aliphatic carbocycles. The van der Waals surface area contributed by atoms with Gasteiger partial charge in [-0.25, -0.2) is 18.6 Å². The maximum absolute atomic E-state index is 13.6. The summed E-state index contributed by atoms with van der Waals surface area (Å²) in [4.78, 5) is 14.6. The van der Waals surface area contributed by atoms with Gasteiger partial charge in [0, 0.05) is 6.54 Å². The molecule has 0 aliphatic heterocycles. The van der Waals surface area contributed by atoms with E-state index < -0.39 is 28.9 Å². The normalized spacial score (nSPS) is 10.6. The number of benzene rings is 1. The van der Waals surface area contributed by atoms with E-state index in [0.717, 1.165) is 12.1 Å². The van der Waals surface area contributed by atoms with Crippen molar-refractivity contribution in [2.45, 2.75) is 20.1 Å². The molecule has 0 aliphatic rings. The monoisotopic (exact) mass is 282 g/mol. The lowest BCUT2D eigenvalue weighted by atomic mass is 10.2. The van der Waals surface area contributed by atoms with Crippen molar-refractivity contribution in [2.75, 3.05) is 0 Å². The molecule has 1 heterocycles. The fourth-order valence-electron chi connectivity index (χ4n) is 1.72. The number of carbonyl (C=O) groups is 1. The second-order valence-electron chi connectivity index (χ2n) is 4.03. The van der Waals surface area contributed by atoms with Gasteiger partial charge in [-0.2, -0.15) is 0 Å². The number of aromatic carboxylic acids is 1. The molecule has 5 nitrogen and oxygen atoms in total. The Bertz CT molecular complexity index is 617. The van der Waals surface area contributed by atoms with Gasteiger partial charge in [0.15, 0.2) is 17.4 Å². The Labute approximate surface area is 113 Å². The Morgan fingerprint density at radius 1 is 1.40 bits per heavy atom. The van der Waals surface area contributed by atoms with Gasteiger partial charge in [-0.15, -0.1) is 0 Å². The second-order valence-corrected chi connectivity index (χ2v) is 4.03. The van der Waals surface area contributed by atoms with E-state index in [0.29, 0.717) is 12.2 Å². The molecule has 106 valence electrons. The van der Waals surface area contributed by atoms with Crippen LogP contribution in [0.5, 0.6) is 5.75 Å². The highest BCUT2D eigenvalue weighted by molar-refractivity contribution is 5.87. The number of hydrogen-bond donors (Lipinski definition) is 1. The maximum atomic E-state index is 13.6. The number of ether oxygens (including phenoxy) is 1. The molecular formula is C13H12F2N2O3. The van der Waals surface area contributed by atoms with Crippen LogP contribution >= 0.6 is 0 Å². The summed E-state index contributed by atoms with van der Waals surface area (Å²) in [5.41, 5.74) is 0.194. The van der Waals surface area contributed by atoms with Crippen LogP contribution in [0.3, 0.4) is 0 Å². The predicted molar refractivity (Wildman–Crippen MR) is 65.6 cm³/mol. The van der Waals surface area contributed by atoms with Crippen molar-refractivity contribution in [3.8, 4) is 5.75 Å². The second kappa shape index (κ2) is 5.68. The average molecular weight is 282 g/mol. The zero-order valence-corrected chi connectivity index (χ0v) is 10.6. The number of carboxylic acids is 1. The lowest BCUT2D eigenvalue weighted by Gasteiger charge is -2.10. The molecule has 0 fully saturated rings. The number of aryl methyl sites for hydroxylation is 1. The molecule has 0 saturated carbocycles. The third-order valence-electron chi connectivity index (χ3n) is 2.75. The van der Waals surface area contributed by atoms with E-state index in [2.05, 4.69) is 4.98 Å². The smallest absolute Gasteiger partial charge is 0.335 e. The third kappa shape index (κ3) is 2.76. The molecular weight excluding hydrogens is 270 g/mol. The molecule has 0 saturated heterocycles. The van der Waals surface area contributed by atoms with Gasteiger partial charge in [0.25, 0.3) is 0 Å². The van der Waals surface area contributed by atoms with Gasteiger partial charge in [0.2, 0.25) is 0 Å². The topological polar surface area (TPSA) is 64.4 Å². The first-order valence-corrected chi connectivity index (χ1v) is 5.87. The summed E-state index contributed by atoms with van der Waals surface area (Å²) in [5.74, 6) is -4.10. The number of carboxylic acid groups (broad SMARTS) is 1. The summed E-state index contributed by atoms with van der Waals surface area (Å²) < 4.78 is 34.1. The van der Waals surface area contributed by atoms with Crippen molar-refractivity contribution in [1.82, 2.24) is 9.55 Å². The van der Waals surface area contributed by atoms with E-state index in [9.17, 15) is 13.6 Å². The van der Waals surface area contributed by atoms with Gasteiger partial charge in [0.05, 0.1) is 23.8 Å². The summed E-state index contributed by atoms with van der Waals surface area (Å²) >= 11 is 0. The maximum Gasteiger partial charge on any atom is 0.335 e. The largest absolute Gasteiger partial charge is 0.481 e. The van der Waals surface area contributed by atoms with Crippen molar-refractivity contribution in [3.63, 3.8) is 0 Å². The molecule has 1 aromatic heterocycles. The van der Waals surface area contributed by atoms with Crippen molar-refractivity contribution >= 4 is 5.97 Å². The highest BCUT2D eigenvalue weighted by Gasteiger charge is 2.16. The Kier molecular flexibility index (Phi) is 3.97. The number of aromatic nitrogens is 2. The minimum atomic E-state index is -1.40. The highest BCUT2D eigenvalue weighted by Crippen LogP contribution is 2.24. The molecule has 1 N–H and O–H groups in total. The first-order chi connectivity index (χ1) is 9.52. The van der Waals surface area contributed by atoms with Crippen LogP contribution in [0.1, 0.15) is 23.0 Å². The minimum Gasteiger partial charge on any atom is -0.481 e. The zero-order chi connectivity index (χ0) is 14.7. The minimum absolute atomic E-state index is 0.0614. The summed E-state index contributed by atoms with van der Waals surface area (Å²) in [6.07, 6.45) is 3.11. The number of imidazole rings is 1. The molecule has 20 heavy (non-hydrogen) atoms. The molecule has 0 amide bonds. The van der Waals surface area contributed by atoms with Crippen molar-refractivity contribution < 1.29 is 23.4 Å². The SMILES string of the molecule is CCn1cncc1COc1c(F)cc(C(=O)O)cc1F. The summed E-state index contributed by atoms with van der Waals surface area (Å²) in [6.45, 7) is 2.49. The van der Waals surface area contributed by atoms with Gasteiger partial charge in [-0.1, -0.05) is 0 Å². The molecule has 0 atom stereocenters. The number of hydrogen-bond acceptors (Lipinski definition) is 3. The standard InChI is InChI=1S/C13H12F2N2O3/c1-2-17-7-16-5-9(17)6-20-12-10(14)3-8(13(18)19)4-11(12)15/h3-5,7H,2,6H2,1H3,(H,18,19). The molecule has 0 radical (unpaired) electrons. The Balaban J connectivity index is 2.20. The molecule has 2 rings (SSSR count). The average Bonchev–Trinajstić information content (AvgIpc) is 2.84. The van der Waals surface area contributed by atoms with Crippen LogP contribution in [0, 0.1) is 11.6 Å². The van der Waals surface area contributed by atoms with Crippen LogP contribution in [-0.2, 0) is 13.2 Å². The van der Waals surface area contributed by atoms with Gasteiger partial charge in [-0.3, -0.25) is 0 Å². The molecule has 0 bridgehead atoms. The first-order valence-electron chi connectivity index (χ1n) is 5.87. The summed E-state index contributed by atoms with van der Waals surface area (Å²) in [5, 5.41) is 8.69. The number of nitrogens with zero attached hydrogens (tertiary/aromatic N) is 2. The zero-order valence-electron chi connectivity index (χ0n) is 10.6. The van der Waals surface area contributed by atoms with Gasteiger partial charge in [0.1, 0.15) is 6.61 Å². The Morgan fingerprint density at radius 2 is 2.05 bits per heavy atom. The quantitative estimate of drug-likeness (QED) is 0.915. The summed E-state index contributed by atoms with van der Waals surface area (Å²) in [6, 6.07) is 1.44. The van der Waals surface area contributed by atoms with Crippen LogP contribution in [0.4, 0.5) is 8.78 Å². The molecule has 2 aromatic rings. The van der Waals surface area contributed by atoms with E-state index in [-0.39, 0.29) is 6.61 Å². The van der Waals surface area contributed by atoms with Gasteiger partial charge in [-0.05, 0) is 19.1 Å². The number of halogens is 2. The molecule has 7 heteroatoms. The van der Waals surface area contributed by atoms with E-state index in [1.165, 1.54) is 6.20 Å². The third-order valence-corrected chi connectivity index (χ3v) is 2.75. The van der Waals surface area contributed by atoms with Crippen LogP contribution in [0.2, 0.25) is 0 Å². The van der Waals surface area contributed by atoms with Crippen LogP contribution in [-0.4, -0.2) is 20.6 Å². The van der Waals surface area contributed by atoms with Gasteiger partial charge >= 0.3 is 5.97 Å². The van der Waals surface area contributed by atoms with Gasteiger partial charge < -0.3 is 14.4 Å². The van der Waals surface area contributed by atoms with Crippen LogP contribution < -0.4 is 4.74 Å². The molecule has 0 spiro atoms. The van der Waals surface area contributed by atoms with E-state index in [1.807, 2.05) is 6.92 Å². The lowest BCUT2D eigenvalue weighted by molar-refractivity contribution is 0.0695. The van der Waals surface area contributed by atoms with Crippen LogP contribution in [0.15, 0.2) is 24.7 Å². The van der Waals surface area contributed by atoms with Crippen molar-refractivity contribution in [3.05, 3.63) is 47.5 Å². The Morgan fingerprint density at radius 3 is 2.60 bits per heavy atom. The Hall–Kier alpha value is -2.44. The molecule has 1 aromatic carbocycles. The van der Waals surface area contributed by atoms with Crippen molar-refractivity contribution in [1.29, 1.82) is 0 Å². The fraction of sp³-hybridized carbons (Fsp3) is 0.231. The molecule has 0 unspecified atom stereocenters. The van der Waals surface area contributed by atoms with Crippen LogP contribution in [0.25, 0.3) is 0 Å². The van der Waals surface area contributed by atoms with E-state index in [4.69, 9.17) is 9.84 Å².